The van der Waals surface area contributed by atoms with Crippen LogP contribution in [0.5, 0.6) is 0 Å². The first-order valence-electron chi connectivity index (χ1n) is 8.68. The van der Waals surface area contributed by atoms with Crippen LogP contribution < -0.4 is 16.0 Å². The Morgan fingerprint density at radius 1 is 1.23 bits per heavy atom. The molecule has 0 radical (unpaired) electrons. The number of hydrogen-bond donors (Lipinski definition) is 3. The minimum absolute atomic E-state index is 0.0954. The van der Waals surface area contributed by atoms with Crippen molar-refractivity contribution in [1.82, 2.24) is 15.5 Å². The molecular weight excluding hydrogens is 348 g/mol. The topological polar surface area (TPSA) is 73.5 Å². The van der Waals surface area contributed by atoms with Crippen molar-refractivity contribution in [2.24, 2.45) is 0 Å². The monoisotopic (exact) mass is 372 g/mol. The van der Waals surface area contributed by atoms with Crippen molar-refractivity contribution < 1.29 is 9.59 Å². The van der Waals surface area contributed by atoms with Crippen molar-refractivity contribution in [3.63, 3.8) is 0 Å². The predicted octanol–water partition coefficient (Wildman–Crippen LogP) is 3.06. The molecule has 1 saturated carbocycles. The van der Waals surface area contributed by atoms with Crippen molar-refractivity contribution in [2.75, 3.05) is 26.0 Å². The summed E-state index contributed by atoms with van der Waals surface area (Å²) in [6.07, 6.45) is 2.09. The Bertz CT molecular complexity index is 757. The number of rotatable bonds is 7. The molecule has 1 atom stereocenters. The largest absolute Gasteiger partial charge is 0.349 e. The fourth-order valence-electron chi connectivity index (χ4n) is 2.62. The van der Waals surface area contributed by atoms with E-state index in [9.17, 15) is 9.59 Å². The summed E-state index contributed by atoms with van der Waals surface area (Å²) < 4.78 is 0. The van der Waals surface area contributed by atoms with Crippen molar-refractivity contribution in [3.05, 3.63) is 52.2 Å². The lowest BCUT2D eigenvalue weighted by molar-refractivity contribution is 0.0951. The highest BCUT2D eigenvalue weighted by Crippen LogP contribution is 2.22. The van der Waals surface area contributed by atoms with Gasteiger partial charge in [0, 0.05) is 28.7 Å². The molecule has 6 nitrogen and oxygen atoms in total. The number of nitrogens with zero attached hydrogens (tertiary/aromatic N) is 1. The smallest absolute Gasteiger partial charge is 0.319 e. The highest BCUT2D eigenvalue weighted by molar-refractivity contribution is 7.10. The van der Waals surface area contributed by atoms with E-state index in [1.807, 2.05) is 25.5 Å². The number of likely N-dealkylation sites (N-methyl/N-ethyl adjacent to an activating group) is 1. The van der Waals surface area contributed by atoms with Gasteiger partial charge in [-0.2, -0.15) is 0 Å². The summed E-state index contributed by atoms with van der Waals surface area (Å²) in [6, 6.07) is 11.2. The molecule has 2 aromatic rings. The fraction of sp³-hybridized carbons (Fsp3) is 0.368. The van der Waals surface area contributed by atoms with E-state index in [1.54, 1.807) is 35.6 Å². The highest BCUT2D eigenvalue weighted by Gasteiger charge is 2.23. The van der Waals surface area contributed by atoms with Crippen LogP contribution in [0.4, 0.5) is 10.5 Å². The average Bonchev–Trinajstić information content (AvgIpc) is 3.26. The maximum Gasteiger partial charge on any atom is 0.319 e. The molecule has 1 aromatic carbocycles. The molecule has 0 saturated heterocycles. The molecule has 3 N–H and O–H groups in total. The third-order valence-corrected chi connectivity index (χ3v) is 5.22. The van der Waals surface area contributed by atoms with Gasteiger partial charge in [0.15, 0.2) is 0 Å². The number of amides is 3. The van der Waals surface area contributed by atoms with Crippen LogP contribution in [-0.2, 0) is 0 Å². The van der Waals surface area contributed by atoms with E-state index >= 15 is 0 Å². The van der Waals surface area contributed by atoms with E-state index in [0.717, 1.165) is 12.8 Å². The van der Waals surface area contributed by atoms with Gasteiger partial charge in [-0.25, -0.2) is 4.79 Å². The van der Waals surface area contributed by atoms with E-state index in [2.05, 4.69) is 26.9 Å². The lowest BCUT2D eigenvalue weighted by Crippen LogP contribution is -2.36. The Hall–Kier alpha value is -2.38. The zero-order valence-corrected chi connectivity index (χ0v) is 15.8. The van der Waals surface area contributed by atoms with Crippen LogP contribution in [0.1, 0.15) is 34.1 Å². The Balaban J connectivity index is 1.55. The zero-order chi connectivity index (χ0) is 18.5. The maximum absolute atomic E-state index is 12.2. The number of carbonyl (C=O) groups excluding carboxylic acids is 2. The summed E-state index contributed by atoms with van der Waals surface area (Å²) in [6.45, 7) is 0.501. The van der Waals surface area contributed by atoms with Gasteiger partial charge < -0.3 is 20.9 Å². The van der Waals surface area contributed by atoms with Crippen molar-refractivity contribution in [1.29, 1.82) is 0 Å². The Morgan fingerprint density at radius 2 is 2.04 bits per heavy atom. The minimum Gasteiger partial charge on any atom is -0.349 e. The lowest BCUT2D eigenvalue weighted by atomic mass is 10.2. The second kappa shape index (κ2) is 8.33. The zero-order valence-electron chi connectivity index (χ0n) is 15.0. The highest BCUT2D eigenvalue weighted by atomic mass is 32.1. The molecular formula is C19H24N4O2S. The second-order valence-electron chi connectivity index (χ2n) is 6.66. The molecule has 1 fully saturated rings. The number of benzene rings is 1. The quantitative estimate of drug-likeness (QED) is 0.699. The first-order valence-corrected chi connectivity index (χ1v) is 9.56. The van der Waals surface area contributed by atoms with Gasteiger partial charge in [0.25, 0.3) is 5.91 Å². The summed E-state index contributed by atoms with van der Waals surface area (Å²) in [7, 11) is 3.98. The molecule has 26 heavy (non-hydrogen) atoms. The summed E-state index contributed by atoms with van der Waals surface area (Å²) in [4.78, 5) is 27.6. The molecule has 0 bridgehead atoms. The van der Waals surface area contributed by atoms with Crippen molar-refractivity contribution in [3.8, 4) is 0 Å². The molecule has 0 unspecified atom stereocenters. The van der Waals surface area contributed by atoms with Gasteiger partial charge in [0.2, 0.25) is 0 Å². The third kappa shape index (κ3) is 5.06. The van der Waals surface area contributed by atoms with Crippen molar-refractivity contribution >= 4 is 29.0 Å². The molecule has 1 aliphatic carbocycles. The van der Waals surface area contributed by atoms with Crippen LogP contribution in [0, 0.1) is 0 Å². The molecule has 7 heteroatoms. The fourth-order valence-corrected chi connectivity index (χ4v) is 3.54. The van der Waals surface area contributed by atoms with E-state index < -0.39 is 0 Å². The molecule has 1 heterocycles. The van der Waals surface area contributed by atoms with Crippen LogP contribution in [-0.4, -0.2) is 43.5 Å². The normalized spacial score (nSPS) is 14.7. The summed E-state index contributed by atoms with van der Waals surface area (Å²) in [5, 5.41) is 10.7. The van der Waals surface area contributed by atoms with E-state index in [0.29, 0.717) is 23.8 Å². The molecule has 138 valence electrons. The summed E-state index contributed by atoms with van der Waals surface area (Å²) >= 11 is 1.67. The standard InChI is InChI=1S/C19H24N4O2S/c1-23(2)16(17-7-4-10-26-17)12-20-19(25)22-15-6-3-5-13(11-15)18(24)21-14-8-9-14/h3-7,10-11,14,16H,8-9,12H2,1-2H3,(H,21,24)(H2,20,22,25)/t16-/m1/s1. The first kappa shape index (κ1) is 18.4. The molecule has 3 rings (SSSR count). The number of carbonyl (C=O) groups is 2. The first-order chi connectivity index (χ1) is 12.5. The van der Waals surface area contributed by atoms with Gasteiger partial charge in [-0.3, -0.25) is 4.79 Å². The van der Waals surface area contributed by atoms with Crippen LogP contribution in [0.3, 0.4) is 0 Å². The number of anilines is 1. The maximum atomic E-state index is 12.2. The Kier molecular flexibility index (Phi) is 5.90. The molecule has 0 spiro atoms. The van der Waals surface area contributed by atoms with Crippen LogP contribution in [0.15, 0.2) is 41.8 Å². The number of urea groups is 1. The van der Waals surface area contributed by atoms with Crippen LogP contribution >= 0.6 is 11.3 Å². The molecule has 0 aliphatic heterocycles. The van der Waals surface area contributed by atoms with Gasteiger partial charge in [-0.05, 0) is 56.6 Å². The summed E-state index contributed by atoms with van der Waals surface area (Å²) in [5.74, 6) is -0.0954. The van der Waals surface area contributed by atoms with Gasteiger partial charge in [0.05, 0.1) is 6.04 Å². The number of thiophene rings is 1. The molecule has 3 amide bonds. The SMILES string of the molecule is CN(C)[C@H](CNC(=O)Nc1cccc(C(=O)NC2CC2)c1)c1cccs1. The summed E-state index contributed by atoms with van der Waals surface area (Å²) in [5.41, 5.74) is 1.16. The Labute approximate surface area is 157 Å². The van der Waals surface area contributed by atoms with E-state index in [-0.39, 0.29) is 18.0 Å². The predicted molar refractivity (Wildman–Crippen MR) is 105 cm³/mol. The van der Waals surface area contributed by atoms with E-state index in [4.69, 9.17) is 0 Å². The number of hydrogen-bond acceptors (Lipinski definition) is 4. The van der Waals surface area contributed by atoms with Crippen molar-refractivity contribution in [2.45, 2.75) is 24.9 Å². The van der Waals surface area contributed by atoms with Gasteiger partial charge in [0.1, 0.15) is 0 Å². The molecule has 1 aromatic heterocycles. The average molecular weight is 372 g/mol. The molecule has 1 aliphatic rings. The lowest BCUT2D eigenvalue weighted by Gasteiger charge is -2.23. The Morgan fingerprint density at radius 3 is 2.69 bits per heavy atom. The van der Waals surface area contributed by atoms with Gasteiger partial charge in [-0.1, -0.05) is 12.1 Å². The van der Waals surface area contributed by atoms with E-state index in [1.165, 1.54) is 4.88 Å². The van der Waals surface area contributed by atoms with Gasteiger partial charge >= 0.3 is 6.03 Å². The van der Waals surface area contributed by atoms with Gasteiger partial charge in [-0.15, -0.1) is 11.3 Å². The minimum atomic E-state index is -0.284. The number of nitrogens with one attached hydrogen (secondary N) is 3. The second-order valence-corrected chi connectivity index (χ2v) is 7.64. The van der Waals surface area contributed by atoms with Crippen LogP contribution in [0.2, 0.25) is 0 Å². The third-order valence-electron chi connectivity index (χ3n) is 4.25. The van der Waals surface area contributed by atoms with Crippen LogP contribution in [0.25, 0.3) is 0 Å².